The number of hydrogen-bond donors (Lipinski definition) is 1. The number of hydrazone groups is 1. The van der Waals surface area contributed by atoms with E-state index in [0.29, 0.717) is 45.7 Å². The predicted molar refractivity (Wildman–Crippen MR) is 229 cm³/mol. The Bertz CT molecular complexity index is 2220. The fourth-order valence-corrected chi connectivity index (χ4v) is 9.88. The number of amides is 2. The molecule has 2 atom stereocenters. The molecule has 2 aromatic carbocycles. The van der Waals surface area contributed by atoms with E-state index in [1.165, 1.54) is 10.4 Å². The van der Waals surface area contributed by atoms with Gasteiger partial charge in [-0.05, 0) is 75.4 Å². The zero-order chi connectivity index (χ0) is 40.0. The van der Waals surface area contributed by atoms with Crippen molar-refractivity contribution in [2.45, 2.75) is 53.0 Å². The Labute approximate surface area is 352 Å². The Morgan fingerprint density at radius 3 is 2.33 bits per heavy atom. The summed E-state index contributed by atoms with van der Waals surface area (Å²) in [4.78, 5) is 40.3. The smallest absolute Gasteiger partial charge is 0.239 e. The largest absolute Gasteiger partial charge is 0.343 e. The third kappa shape index (κ3) is 8.51. The van der Waals surface area contributed by atoms with Crippen molar-refractivity contribution in [3.8, 4) is 5.00 Å². The Morgan fingerprint density at radius 1 is 0.895 bits per heavy atom. The molecule has 6 heterocycles. The number of rotatable bonds is 8. The number of fused-ring (bicyclic) bond motifs is 3. The predicted octanol–water partition coefficient (Wildman–Crippen LogP) is 6.94. The molecule has 1 unspecified atom stereocenters. The number of aliphatic imine (C=N–C) groups is 1. The summed E-state index contributed by atoms with van der Waals surface area (Å²) in [5.74, 6) is 2.79. The van der Waals surface area contributed by atoms with Crippen molar-refractivity contribution in [1.29, 1.82) is 0 Å². The average Bonchev–Trinajstić information content (AvgIpc) is 3.82. The maximum absolute atomic E-state index is 14.0. The zero-order valence-corrected chi connectivity index (χ0v) is 35.7. The molecule has 0 spiro atoms. The van der Waals surface area contributed by atoms with Crippen LogP contribution in [0.5, 0.6) is 0 Å². The molecule has 2 fully saturated rings. The van der Waals surface area contributed by atoms with Crippen LogP contribution < -0.4 is 10.3 Å². The van der Waals surface area contributed by atoms with Crippen molar-refractivity contribution < 1.29 is 9.59 Å². The van der Waals surface area contributed by atoms with Crippen molar-refractivity contribution in [3.63, 3.8) is 0 Å². The van der Waals surface area contributed by atoms with Crippen LogP contribution in [0.3, 0.4) is 0 Å². The first-order valence-corrected chi connectivity index (χ1v) is 21.6. The number of amidine groups is 1. The molecule has 1 N–H and O–H groups in total. The van der Waals surface area contributed by atoms with E-state index in [1.807, 2.05) is 47.2 Å². The minimum atomic E-state index is -0.474. The lowest BCUT2D eigenvalue weighted by Crippen LogP contribution is -2.51. The highest BCUT2D eigenvalue weighted by molar-refractivity contribution is 7.15. The van der Waals surface area contributed by atoms with E-state index in [1.54, 1.807) is 23.5 Å². The lowest BCUT2D eigenvalue weighted by Gasteiger charge is -2.38. The number of thiophene rings is 1. The van der Waals surface area contributed by atoms with E-state index in [2.05, 4.69) is 55.8 Å². The highest BCUT2D eigenvalue weighted by atomic mass is 35.5. The molecule has 2 aromatic heterocycles. The third-order valence-electron chi connectivity index (χ3n) is 11.7. The van der Waals surface area contributed by atoms with Crippen LogP contribution in [0.4, 0.5) is 5.69 Å². The number of anilines is 1. The summed E-state index contributed by atoms with van der Waals surface area (Å²) in [6, 6.07) is 12.7. The van der Waals surface area contributed by atoms with Gasteiger partial charge in [0.1, 0.15) is 22.7 Å². The van der Waals surface area contributed by atoms with Gasteiger partial charge < -0.3 is 15.1 Å². The number of piperazine rings is 1. The van der Waals surface area contributed by atoms with Gasteiger partial charge in [0.05, 0.1) is 41.0 Å². The van der Waals surface area contributed by atoms with Crippen LogP contribution in [0, 0.1) is 32.6 Å². The van der Waals surface area contributed by atoms with Gasteiger partial charge in [0.2, 0.25) is 11.8 Å². The first-order chi connectivity index (χ1) is 27.4. The monoisotopic (exact) mass is 848 g/mol. The van der Waals surface area contributed by atoms with Crippen LogP contribution >= 0.6 is 46.1 Å². The Hall–Kier alpha value is -3.85. The van der Waals surface area contributed by atoms with E-state index in [9.17, 15) is 9.59 Å². The first kappa shape index (κ1) is 40.0. The van der Waals surface area contributed by atoms with Gasteiger partial charge in [-0.1, -0.05) is 53.9 Å². The fourth-order valence-electron chi connectivity index (χ4n) is 8.24. The maximum Gasteiger partial charge on any atom is 0.239 e. The number of nitrogens with one attached hydrogen (secondary N) is 1. The number of benzene rings is 2. The molecule has 4 aromatic rings. The summed E-state index contributed by atoms with van der Waals surface area (Å²) >= 11 is 20.3. The summed E-state index contributed by atoms with van der Waals surface area (Å²) in [5.41, 5.74) is 4.89. The topological polar surface area (TPSA) is 115 Å². The Balaban J connectivity index is 0.831. The normalized spacial score (nSPS) is 20.5. The molecule has 0 radical (unpaired) electrons. The van der Waals surface area contributed by atoms with Crippen molar-refractivity contribution in [2.75, 3.05) is 63.9 Å². The van der Waals surface area contributed by atoms with Crippen molar-refractivity contribution >= 4 is 75.2 Å². The number of likely N-dealkylation sites (tertiary alicyclic amines) is 1. The molecule has 2 amide bonds. The van der Waals surface area contributed by atoms with Gasteiger partial charge in [-0.3, -0.25) is 29.1 Å². The van der Waals surface area contributed by atoms with Gasteiger partial charge in [-0.2, -0.15) is 5.10 Å². The molecule has 2 saturated heterocycles. The van der Waals surface area contributed by atoms with Crippen LogP contribution in [0.1, 0.15) is 65.4 Å². The maximum atomic E-state index is 14.0. The standard InChI is InChI=1S/C41H47Cl3N10O2S/c1-24-21-53(31-9-10-32(43)33(44)19-31)49-39(24)46-35(55)23-51-17-15-50(16-18-51)22-28-11-13-52(14-12-28)36(56)20-34-40-48-47-27(4)54(40)41-37(25(2)26(3)57-41)38(45-34)29-5-7-30(42)8-6-29/h5-10,19,24,28,34H,11-18,20-23H2,1-4H3,(H,46,49,55)/t24?,34-/m0/s1. The highest BCUT2D eigenvalue weighted by Gasteiger charge is 2.35. The average molecular weight is 850 g/mol. The van der Waals surface area contributed by atoms with Crippen LogP contribution in [0.15, 0.2) is 52.6 Å². The number of hydrogen-bond acceptors (Lipinski definition) is 10. The van der Waals surface area contributed by atoms with Crippen molar-refractivity contribution in [3.05, 3.63) is 90.7 Å². The molecular weight excluding hydrogens is 803 g/mol. The number of carbonyl (C=O) groups is 2. The van der Waals surface area contributed by atoms with Crippen molar-refractivity contribution in [1.82, 2.24) is 34.8 Å². The van der Waals surface area contributed by atoms with Gasteiger partial charge in [-0.25, -0.2) is 0 Å². The SMILES string of the molecule is Cc1sc2c(c1C)C(c1ccc(Cl)cc1)=N[C@@H](CC(=O)N1CCC(CN3CCN(CC(=O)NC4=NN(c5ccc(Cl)c(Cl)c5)CC4C)CC3)CC1)c1nnc(C)n1-2. The molecule has 57 heavy (non-hydrogen) atoms. The summed E-state index contributed by atoms with van der Waals surface area (Å²) in [6.45, 7) is 15.2. The van der Waals surface area contributed by atoms with Crippen molar-refractivity contribution in [2.24, 2.45) is 21.9 Å². The number of piperidine rings is 1. The Morgan fingerprint density at radius 2 is 1.61 bits per heavy atom. The minimum Gasteiger partial charge on any atom is -0.343 e. The van der Waals surface area contributed by atoms with Gasteiger partial charge in [-0.15, -0.1) is 21.5 Å². The molecule has 12 nitrogen and oxygen atoms in total. The molecule has 4 aliphatic rings. The van der Waals surface area contributed by atoms with E-state index < -0.39 is 6.04 Å². The summed E-state index contributed by atoms with van der Waals surface area (Å²) in [7, 11) is 0. The van der Waals surface area contributed by atoms with Gasteiger partial charge in [0.15, 0.2) is 5.82 Å². The molecular formula is C41H47Cl3N10O2S. The second kappa shape index (κ2) is 16.8. The van der Waals surface area contributed by atoms with Gasteiger partial charge in [0, 0.05) is 72.8 Å². The lowest BCUT2D eigenvalue weighted by molar-refractivity contribution is -0.133. The molecule has 4 aliphatic heterocycles. The van der Waals surface area contributed by atoms with E-state index in [-0.39, 0.29) is 24.2 Å². The third-order valence-corrected chi connectivity index (χ3v) is 13.8. The number of carbonyl (C=O) groups excluding carboxylic acids is 2. The molecule has 300 valence electrons. The van der Waals surface area contributed by atoms with E-state index >= 15 is 0 Å². The summed E-state index contributed by atoms with van der Waals surface area (Å²) < 4.78 is 2.10. The highest BCUT2D eigenvalue weighted by Crippen LogP contribution is 2.40. The van der Waals surface area contributed by atoms with Crippen LogP contribution in [0.2, 0.25) is 15.1 Å². The van der Waals surface area contributed by atoms with E-state index in [0.717, 1.165) is 92.0 Å². The second-order valence-electron chi connectivity index (χ2n) is 15.6. The van der Waals surface area contributed by atoms with Crippen LogP contribution in [-0.2, 0) is 9.59 Å². The minimum absolute atomic E-state index is 0.0468. The molecule has 0 bridgehead atoms. The number of nitrogens with zero attached hydrogens (tertiary/aromatic N) is 9. The molecule has 8 rings (SSSR count). The molecule has 16 heteroatoms. The second-order valence-corrected chi connectivity index (χ2v) is 18.1. The zero-order valence-electron chi connectivity index (χ0n) is 32.6. The quantitative estimate of drug-likeness (QED) is 0.205. The van der Waals surface area contributed by atoms with Gasteiger partial charge in [0.25, 0.3) is 0 Å². The fraction of sp³-hybridized carbons (Fsp3) is 0.463. The summed E-state index contributed by atoms with van der Waals surface area (Å²) in [6.07, 6.45) is 2.15. The number of aromatic nitrogens is 3. The van der Waals surface area contributed by atoms with Gasteiger partial charge >= 0.3 is 0 Å². The number of aryl methyl sites for hydroxylation is 2. The van der Waals surface area contributed by atoms with Crippen LogP contribution in [-0.4, -0.2) is 112 Å². The molecule has 0 saturated carbocycles. The molecule has 0 aliphatic carbocycles. The summed E-state index contributed by atoms with van der Waals surface area (Å²) in [5, 5.41) is 21.3. The first-order valence-electron chi connectivity index (χ1n) is 19.6. The lowest BCUT2D eigenvalue weighted by atomic mass is 9.95. The Kier molecular flexibility index (Phi) is 11.8. The number of halogens is 3. The van der Waals surface area contributed by atoms with Crippen LogP contribution in [0.25, 0.3) is 5.00 Å². The van der Waals surface area contributed by atoms with E-state index in [4.69, 9.17) is 39.8 Å².